The van der Waals surface area contributed by atoms with Crippen molar-refractivity contribution in [1.82, 2.24) is 4.98 Å². The summed E-state index contributed by atoms with van der Waals surface area (Å²) in [5, 5.41) is 8.49. The molecule has 0 radical (unpaired) electrons. The number of carboxylic acid groups (broad SMARTS) is 1. The summed E-state index contributed by atoms with van der Waals surface area (Å²) in [6.45, 7) is 7.83. The summed E-state index contributed by atoms with van der Waals surface area (Å²) in [5.74, 6) is -0.842. The van der Waals surface area contributed by atoms with Crippen molar-refractivity contribution in [3.63, 3.8) is 0 Å². The minimum absolute atomic E-state index is 0.00111. The Bertz CT molecular complexity index is 308. The molecule has 0 unspecified atom stereocenters. The molecule has 0 saturated heterocycles. The number of aryl methyl sites for hydroxylation is 2. The standard InChI is InChI=1S/C9H11NO2.C2H6/c1-6-3-4-8(5-9(11)12)10-7(6)2;1-2/h3-4H,5H2,1-2H3,(H,11,12);1-2H3. The molecule has 0 saturated carbocycles. The Morgan fingerprint density at radius 2 is 1.93 bits per heavy atom. The van der Waals surface area contributed by atoms with Gasteiger partial charge in [0.2, 0.25) is 0 Å². The minimum atomic E-state index is -0.842. The van der Waals surface area contributed by atoms with Crippen LogP contribution in [0.15, 0.2) is 12.1 Å². The summed E-state index contributed by atoms with van der Waals surface area (Å²) < 4.78 is 0. The van der Waals surface area contributed by atoms with Gasteiger partial charge in [-0.1, -0.05) is 19.9 Å². The molecule has 0 spiro atoms. The minimum Gasteiger partial charge on any atom is -0.481 e. The third-order valence-corrected chi connectivity index (χ3v) is 1.74. The van der Waals surface area contributed by atoms with Crippen molar-refractivity contribution in [1.29, 1.82) is 0 Å². The third kappa shape index (κ3) is 4.03. The van der Waals surface area contributed by atoms with Gasteiger partial charge < -0.3 is 5.11 Å². The number of rotatable bonds is 2. The molecule has 0 fully saturated rings. The molecule has 14 heavy (non-hydrogen) atoms. The quantitative estimate of drug-likeness (QED) is 0.788. The number of carboxylic acids is 1. The van der Waals surface area contributed by atoms with Crippen molar-refractivity contribution in [3.05, 3.63) is 29.1 Å². The molecule has 0 aliphatic rings. The van der Waals surface area contributed by atoms with Crippen molar-refractivity contribution in [2.45, 2.75) is 34.1 Å². The summed E-state index contributed by atoms with van der Waals surface area (Å²) in [5.41, 5.74) is 2.60. The maximum Gasteiger partial charge on any atom is 0.309 e. The fourth-order valence-corrected chi connectivity index (χ4v) is 0.936. The van der Waals surface area contributed by atoms with Gasteiger partial charge in [-0.05, 0) is 25.5 Å². The summed E-state index contributed by atoms with van der Waals surface area (Å²) in [7, 11) is 0. The molecule has 0 atom stereocenters. The van der Waals surface area contributed by atoms with Gasteiger partial charge >= 0.3 is 5.97 Å². The van der Waals surface area contributed by atoms with Crippen LogP contribution in [0, 0.1) is 13.8 Å². The van der Waals surface area contributed by atoms with Crippen LogP contribution < -0.4 is 0 Å². The van der Waals surface area contributed by atoms with Crippen LogP contribution in [-0.2, 0) is 11.2 Å². The number of pyridine rings is 1. The Balaban J connectivity index is 0.000000791. The van der Waals surface area contributed by atoms with Crippen molar-refractivity contribution in [2.24, 2.45) is 0 Å². The van der Waals surface area contributed by atoms with Crippen molar-refractivity contribution < 1.29 is 9.90 Å². The molecule has 0 aliphatic heterocycles. The summed E-state index contributed by atoms with van der Waals surface area (Å²) >= 11 is 0. The smallest absolute Gasteiger partial charge is 0.309 e. The Hall–Kier alpha value is -1.38. The molecule has 0 bridgehead atoms. The predicted molar refractivity (Wildman–Crippen MR) is 56.4 cm³/mol. The zero-order chi connectivity index (χ0) is 11.1. The van der Waals surface area contributed by atoms with E-state index in [4.69, 9.17) is 5.11 Å². The molecule has 0 amide bonds. The fraction of sp³-hybridized carbons (Fsp3) is 0.455. The topological polar surface area (TPSA) is 50.2 Å². The van der Waals surface area contributed by atoms with Gasteiger partial charge in [-0.25, -0.2) is 0 Å². The molecular formula is C11H17NO2. The van der Waals surface area contributed by atoms with Crippen LogP contribution in [0.4, 0.5) is 0 Å². The van der Waals surface area contributed by atoms with Crippen molar-refractivity contribution in [3.8, 4) is 0 Å². The fourth-order valence-electron chi connectivity index (χ4n) is 0.936. The number of hydrogen-bond acceptors (Lipinski definition) is 2. The monoisotopic (exact) mass is 195 g/mol. The maximum absolute atomic E-state index is 10.3. The molecule has 1 rings (SSSR count). The van der Waals surface area contributed by atoms with Gasteiger partial charge in [-0.3, -0.25) is 9.78 Å². The van der Waals surface area contributed by atoms with Crippen LogP contribution in [0.5, 0.6) is 0 Å². The maximum atomic E-state index is 10.3. The highest BCUT2D eigenvalue weighted by Crippen LogP contribution is 2.05. The molecule has 3 heteroatoms. The van der Waals surface area contributed by atoms with Crippen LogP contribution in [0.1, 0.15) is 30.8 Å². The average molecular weight is 195 g/mol. The molecule has 78 valence electrons. The zero-order valence-electron chi connectivity index (χ0n) is 9.16. The third-order valence-electron chi connectivity index (χ3n) is 1.74. The first-order valence-corrected chi connectivity index (χ1v) is 4.74. The normalized spacial score (nSPS) is 8.86. The summed E-state index contributed by atoms with van der Waals surface area (Å²) in [4.78, 5) is 14.5. The highest BCUT2D eigenvalue weighted by atomic mass is 16.4. The molecule has 1 aromatic rings. The predicted octanol–water partition coefficient (Wildman–Crippen LogP) is 2.35. The second-order valence-electron chi connectivity index (χ2n) is 2.78. The Morgan fingerprint density at radius 1 is 1.36 bits per heavy atom. The lowest BCUT2D eigenvalue weighted by Crippen LogP contribution is -2.03. The van der Waals surface area contributed by atoms with E-state index in [1.54, 1.807) is 6.07 Å². The van der Waals surface area contributed by atoms with E-state index in [0.717, 1.165) is 11.3 Å². The van der Waals surface area contributed by atoms with E-state index >= 15 is 0 Å². The first-order chi connectivity index (χ1) is 6.59. The largest absolute Gasteiger partial charge is 0.481 e. The molecule has 0 aliphatic carbocycles. The van der Waals surface area contributed by atoms with Gasteiger partial charge in [0.25, 0.3) is 0 Å². The molecular weight excluding hydrogens is 178 g/mol. The number of nitrogens with zero attached hydrogens (tertiary/aromatic N) is 1. The zero-order valence-corrected chi connectivity index (χ0v) is 9.16. The van der Waals surface area contributed by atoms with Gasteiger partial charge in [0, 0.05) is 5.69 Å². The van der Waals surface area contributed by atoms with Crippen LogP contribution in [0.25, 0.3) is 0 Å². The number of carbonyl (C=O) groups is 1. The Kier molecular flexibility index (Phi) is 5.53. The van der Waals surface area contributed by atoms with Crippen LogP contribution in [0.3, 0.4) is 0 Å². The van der Waals surface area contributed by atoms with Gasteiger partial charge in [-0.15, -0.1) is 0 Å². The lowest BCUT2D eigenvalue weighted by atomic mass is 10.2. The lowest BCUT2D eigenvalue weighted by Gasteiger charge is -2.00. The number of aromatic nitrogens is 1. The lowest BCUT2D eigenvalue weighted by molar-refractivity contribution is -0.136. The highest BCUT2D eigenvalue weighted by Gasteiger charge is 2.02. The first-order valence-electron chi connectivity index (χ1n) is 4.74. The summed E-state index contributed by atoms with van der Waals surface area (Å²) in [6, 6.07) is 3.64. The van der Waals surface area contributed by atoms with E-state index < -0.39 is 5.97 Å². The number of aliphatic carboxylic acids is 1. The van der Waals surface area contributed by atoms with E-state index in [0.29, 0.717) is 5.69 Å². The molecule has 1 aromatic heterocycles. The van der Waals surface area contributed by atoms with Crippen LogP contribution in [-0.4, -0.2) is 16.1 Å². The molecule has 3 nitrogen and oxygen atoms in total. The number of hydrogen-bond donors (Lipinski definition) is 1. The second-order valence-corrected chi connectivity index (χ2v) is 2.78. The molecule has 1 N–H and O–H groups in total. The van der Waals surface area contributed by atoms with Crippen molar-refractivity contribution >= 4 is 5.97 Å². The SMILES string of the molecule is CC.Cc1ccc(CC(=O)O)nc1C. The molecule has 1 heterocycles. The van der Waals surface area contributed by atoms with Gasteiger partial charge in [0.15, 0.2) is 0 Å². The highest BCUT2D eigenvalue weighted by molar-refractivity contribution is 5.69. The summed E-state index contributed by atoms with van der Waals surface area (Å²) in [6.07, 6.45) is 0.00111. The van der Waals surface area contributed by atoms with Gasteiger partial charge in [0.1, 0.15) is 0 Å². The van der Waals surface area contributed by atoms with Gasteiger partial charge in [0.05, 0.1) is 12.1 Å². The van der Waals surface area contributed by atoms with Crippen molar-refractivity contribution in [2.75, 3.05) is 0 Å². The van der Waals surface area contributed by atoms with E-state index in [1.165, 1.54) is 0 Å². The van der Waals surface area contributed by atoms with E-state index in [2.05, 4.69) is 4.98 Å². The van der Waals surface area contributed by atoms with E-state index in [1.807, 2.05) is 33.8 Å². The second kappa shape index (κ2) is 6.13. The molecule has 0 aromatic carbocycles. The Labute approximate surface area is 84.8 Å². The van der Waals surface area contributed by atoms with Gasteiger partial charge in [-0.2, -0.15) is 0 Å². The average Bonchev–Trinajstić information content (AvgIpc) is 2.14. The Morgan fingerprint density at radius 3 is 2.36 bits per heavy atom. The van der Waals surface area contributed by atoms with Crippen LogP contribution in [0.2, 0.25) is 0 Å². The van der Waals surface area contributed by atoms with E-state index in [-0.39, 0.29) is 6.42 Å². The van der Waals surface area contributed by atoms with Crippen LogP contribution >= 0.6 is 0 Å². The van der Waals surface area contributed by atoms with E-state index in [9.17, 15) is 4.79 Å². The first kappa shape index (κ1) is 12.6.